The highest BCUT2D eigenvalue weighted by molar-refractivity contribution is 5.64. The average Bonchev–Trinajstić information content (AvgIpc) is 3.06. The molecule has 0 spiro atoms. The highest BCUT2D eigenvalue weighted by Crippen LogP contribution is 2.29. The molecule has 0 radical (unpaired) electrons. The summed E-state index contributed by atoms with van der Waals surface area (Å²) < 4.78 is 42.7. The Kier molecular flexibility index (Phi) is 4.19. The van der Waals surface area contributed by atoms with Crippen LogP contribution < -0.4 is 0 Å². The Morgan fingerprint density at radius 1 is 0.957 bits per heavy atom. The van der Waals surface area contributed by atoms with Crippen molar-refractivity contribution < 1.29 is 13.2 Å². The number of nitrogens with zero attached hydrogens (tertiary/aromatic N) is 2. The molecule has 0 saturated heterocycles. The fraction of sp³-hybridized carbons (Fsp3) is 0.167. The molecule has 0 aliphatic carbocycles. The average molecular weight is 316 g/mol. The van der Waals surface area contributed by atoms with Crippen LogP contribution in [0.15, 0.2) is 55.1 Å². The Morgan fingerprint density at radius 3 is 2.22 bits per heavy atom. The second-order valence-electron chi connectivity index (χ2n) is 5.30. The molecule has 1 unspecified atom stereocenters. The minimum absolute atomic E-state index is 0.156. The summed E-state index contributed by atoms with van der Waals surface area (Å²) in [7, 11) is 0. The van der Waals surface area contributed by atoms with Gasteiger partial charge < -0.3 is 4.57 Å². The first-order valence-corrected chi connectivity index (χ1v) is 7.32. The zero-order valence-electron chi connectivity index (χ0n) is 12.5. The fourth-order valence-corrected chi connectivity index (χ4v) is 2.70. The Hall–Kier alpha value is -2.56. The third kappa shape index (κ3) is 2.99. The first-order valence-electron chi connectivity index (χ1n) is 7.32. The number of halogens is 3. The lowest BCUT2D eigenvalue weighted by Crippen LogP contribution is -2.09. The van der Waals surface area contributed by atoms with Crippen LogP contribution in [0.5, 0.6) is 0 Å². The smallest absolute Gasteiger partial charge is 0.159 e. The third-order valence-corrected chi connectivity index (χ3v) is 3.88. The minimum atomic E-state index is -0.947. The fourth-order valence-electron chi connectivity index (χ4n) is 2.70. The number of imidazole rings is 1. The molecule has 1 atom stereocenters. The van der Waals surface area contributed by atoms with Gasteiger partial charge in [0.25, 0.3) is 0 Å². The van der Waals surface area contributed by atoms with Crippen molar-refractivity contribution in [2.24, 2.45) is 0 Å². The van der Waals surface area contributed by atoms with E-state index < -0.39 is 11.6 Å². The Bertz CT molecular complexity index is 813. The molecule has 0 bridgehead atoms. The zero-order chi connectivity index (χ0) is 16.4. The van der Waals surface area contributed by atoms with Crippen LogP contribution in [0.3, 0.4) is 0 Å². The molecule has 5 heteroatoms. The molecule has 0 saturated carbocycles. The molecule has 23 heavy (non-hydrogen) atoms. The number of hydrogen-bond acceptors (Lipinski definition) is 1. The third-order valence-electron chi connectivity index (χ3n) is 3.88. The molecule has 0 amide bonds. The number of rotatable bonds is 4. The van der Waals surface area contributed by atoms with E-state index in [9.17, 15) is 13.2 Å². The Balaban J connectivity index is 1.98. The van der Waals surface area contributed by atoms with E-state index in [2.05, 4.69) is 4.98 Å². The highest BCUT2D eigenvalue weighted by Gasteiger charge is 2.16. The van der Waals surface area contributed by atoms with E-state index in [-0.39, 0.29) is 11.9 Å². The molecule has 0 N–H and O–H groups in total. The van der Waals surface area contributed by atoms with Crippen molar-refractivity contribution in [2.45, 2.75) is 19.4 Å². The molecule has 0 aliphatic heterocycles. The molecule has 2 nitrogen and oxygen atoms in total. The molecule has 118 valence electrons. The van der Waals surface area contributed by atoms with Crippen molar-refractivity contribution in [3.8, 4) is 11.1 Å². The second kappa shape index (κ2) is 6.28. The van der Waals surface area contributed by atoms with Gasteiger partial charge >= 0.3 is 0 Å². The number of aromatic nitrogens is 2. The summed E-state index contributed by atoms with van der Waals surface area (Å²) in [5, 5.41) is 0. The summed E-state index contributed by atoms with van der Waals surface area (Å²) in [5.74, 6) is -2.25. The van der Waals surface area contributed by atoms with E-state index in [1.54, 1.807) is 30.9 Å². The predicted octanol–water partition coefficient (Wildman–Crippen LogP) is 4.97. The zero-order valence-corrected chi connectivity index (χ0v) is 12.5. The summed E-state index contributed by atoms with van der Waals surface area (Å²) in [4.78, 5) is 3.99. The molecule has 1 aromatic heterocycles. The van der Waals surface area contributed by atoms with Gasteiger partial charge in [0, 0.05) is 18.0 Å². The standard InChI is InChI=1S/C18H15F3N2/c1-2-18(23-8-7-22-11-23)14-5-3-12(9-16(14)20)13-4-6-15(19)17(21)10-13/h3-11,18H,2H2,1H3. The van der Waals surface area contributed by atoms with Crippen molar-refractivity contribution >= 4 is 0 Å². The van der Waals surface area contributed by atoms with Gasteiger partial charge in [-0.3, -0.25) is 0 Å². The Labute approximate surface area is 132 Å². The van der Waals surface area contributed by atoms with E-state index in [1.807, 2.05) is 11.5 Å². The van der Waals surface area contributed by atoms with E-state index in [4.69, 9.17) is 0 Å². The van der Waals surface area contributed by atoms with Gasteiger partial charge in [0.05, 0.1) is 12.4 Å². The van der Waals surface area contributed by atoms with E-state index >= 15 is 0 Å². The maximum Gasteiger partial charge on any atom is 0.159 e. The predicted molar refractivity (Wildman–Crippen MR) is 82.4 cm³/mol. The van der Waals surface area contributed by atoms with Crippen molar-refractivity contribution in [3.63, 3.8) is 0 Å². The molecular weight excluding hydrogens is 301 g/mol. The van der Waals surface area contributed by atoms with Crippen LogP contribution in [0.25, 0.3) is 11.1 Å². The summed E-state index contributed by atoms with van der Waals surface area (Å²) in [6.45, 7) is 1.97. The first-order chi connectivity index (χ1) is 11.1. The van der Waals surface area contributed by atoms with Crippen LogP contribution in [-0.2, 0) is 0 Å². The molecule has 2 aromatic carbocycles. The van der Waals surface area contributed by atoms with Crippen molar-refractivity contribution in [3.05, 3.63) is 78.1 Å². The second-order valence-corrected chi connectivity index (χ2v) is 5.30. The summed E-state index contributed by atoms with van der Waals surface area (Å²) in [6, 6.07) is 8.12. The topological polar surface area (TPSA) is 17.8 Å². The highest BCUT2D eigenvalue weighted by atomic mass is 19.2. The van der Waals surface area contributed by atoms with Gasteiger partial charge in [-0.1, -0.05) is 25.1 Å². The van der Waals surface area contributed by atoms with E-state index in [0.29, 0.717) is 23.1 Å². The van der Waals surface area contributed by atoms with Gasteiger partial charge in [0.2, 0.25) is 0 Å². The van der Waals surface area contributed by atoms with Crippen molar-refractivity contribution in [2.75, 3.05) is 0 Å². The van der Waals surface area contributed by atoms with Gasteiger partial charge in [-0.2, -0.15) is 0 Å². The van der Waals surface area contributed by atoms with Crippen LogP contribution in [0.4, 0.5) is 13.2 Å². The lowest BCUT2D eigenvalue weighted by molar-refractivity contribution is 0.509. The van der Waals surface area contributed by atoms with Crippen LogP contribution in [0.2, 0.25) is 0 Å². The number of benzene rings is 2. The molecule has 3 rings (SSSR count). The largest absolute Gasteiger partial charge is 0.330 e. The molecule has 0 aliphatic rings. The molecule has 1 heterocycles. The van der Waals surface area contributed by atoms with Crippen molar-refractivity contribution in [1.29, 1.82) is 0 Å². The van der Waals surface area contributed by atoms with Gasteiger partial charge in [0.1, 0.15) is 5.82 Å². The maximum absolute atomic E-state index is 14.5. The minimum Gasteiger partial charge on any atom is -0.330 e. The van der Waals surface area contributed by atoms with E-state index in [0.717, 1.165) is 12.1 Å². The normalized spacial score (nSPS) is 12.3. The van der Waals surface area contributed by atoms with Gasteiger partial charge in [-0.25, -0.2) is 18.2 Å². The van der Waals surface area contributed by atoms with Gasteiger partial charge in [-0.05, 0) is 35.7 Å². The van der Waals surface area contributed by atoms with Crippen LogP contribution in [0, 0.1) is 17.5 Å². The first kappa shape index (κ1) is 15.3. The van der Waals surface area contributed by atoms with Crippen LogP contribution >= 0.6 is 0 Å². The van der Waals surface area contributed by atoms with Crippen LogP contribution in [-0.4, -0.2) is 9.55 Å². The van der Waals surface area contributed by atoms with Gasteiger partial charge in [-0.15, -0.1) is 0 Å². The summed E-state index contributed by atoms with van der Waals surface area (Å²) >= 11 is 0. The summed E-state index contributed by atoms with van der Waals surface area (Å²) in [5.41, 5.74) is 1.48. The van der Waals surface area contributed by atoms with Gasteiger partial charge in [0.15, 0.2) is 11.6 Å². The number of hydrogen-bond donors (Lipinski definition) is 0. The summed E-state index contributed by atoms with van der Waals surface area (Å²) in [6.07, 6.45) is 5.79. The lowest BCUT2D eigenvalue weighted by Gasteiger charge is -2.18. The SMILES string of the molecule is CCC(c1ccc(-c2ccc(F)c(F)c2)cc1F)n1ccnc1. The van der Waals surface area contributed by atoms with E-state index in [1.165, 1.54) is 12.1 Å². The van der Waals surface area contributed by atoms with Crippen molar-refractivity contribution in [1.82, 2.24) is 9.55 Å². The maximum atomic E-state index is 14.5. The van der Waals surface area contributed by atoms with Crippen LogP contribution in [0.1, 0.15) is 24.9 Å². The lowest BCUT2D eigenvalue weighted by atomic mass is 9.98. The molecular formula is C18H15F3N2. The quantitative estimate of drug-likeness (QED) is 0.665. The molecule has 3 aromatic rings. The molecule has 0 fully saturated rings. The Morgan fingerprint density at radius 2 is 1.65 bits per heavy atom. The monoisotopic (exact) mass is 316 g/mol.